The number of benzene rings is 1. The highest BCUT2D eigenvalue weighted by Gasteiger charge is 2.38. The molecule has 1 aromatic heterocycles. The number of nitrogens with zero attached hydrogens (tertiary/aromatic N) is 1. The highest BCUT2D eigenvalue weighted by atomic mass is 19.4. The van der Waals surface area contributed by atoms with Crippen molar-refractivity contribution in [3.8, 4) is 5.88 Å². The number of carbonyl (C=O) groups is 2. The number of hydrogen-bond acceptors (Lipinski definition) is 6. The number of carbonyl (C=O) groups excluding carboxylic acids is 1. The fourth-order valence-corrected chi connectivity index (χ4v) is 2.94. The molecule has 0 saturated carbocycles. The number of aromatic nitrogens is 1. The summed E-state index contributed by atoms with van der Waals surface area (Å²) in [4.78, 5) is 25.1. The van der Waals surface area contributed by atoms with Crippen LogP contribution in [0.4, 0.5) is 27.8 Å². The normalized spacial score (nSPS) is 15.2. The molecule has 1 amide bonds. The lowest BCUT2D eigenvalue weighted by molar-refractivity contribution is -0.192. The lowest BCUT2D eigenvalue weighted by Crippen LogP contribution is -2.40. The average molecular weight is 490 g/mol. The van der Waals surface area contributed by atoms with Gasteiger partial charge in [0.2, 0.25) is 11.8 Å². The number of amides is 1. The van der Waals surface area contributed by atoms with Crippen LogP contribution in [0.2, 0.25) is 0 Å². The number of nitrogens with one attached hydrogen (secondary N) is 3. The molecule has 1 aliphatic heterocycles. The number of anilines is 1. The molecule has 34 heavy (non-hydrogen) atoms. The van der Waals surface area contributed by atoms with Gasteiger partial charge in [0.15, 0.2) is 11.6 Å². The monoisotopic (exact) mass is 490 g/mol. The van der Waals surface area contributed by atoms with E-state index in [1.165, 1.54) is 25.3 Å². The van der Waals surface area contributed by atoms with Crippen LogP contribution in [0.15, 0.2) is 30.3 Å². The zero-order valence-corrected chi connectivity index (χ0v) is 18.0. The van der Waals surface area contributed by atoms with Crippen molar-refractivity contribution < 1.29 is 41.4 Å². The number of alkyl halides is 3. The number of hydrogen-bond donors (Lipinski definition) is 4. The molecule has 0 unspecified atom stereocenters. The van der Waals surface area contributed by atoms with E-state index >= 15 is 0 Å². The van der Waals surface area contributed by atoms with Crippen LogP contribution in [0.5, 0.6) is 5.88 Å². The van der Waals surface area contributed by atoms with Crippen molar-refractivity contribution in [3.05, 3.63) is 53.1 Å². The van der Waals surface area contributed by atoms with Crippen LogP contribution in [0, 0.1) is 11.6 Å². The maximum Gasteiger partial charge on any atom is 0.490 e. The molecule has 8 nitrogen and oxygen atoms in total. The minimum atomic E-state index is -5.08. The lowest BCUT2D eigenvalue weighted by Gasteiger charge is -2.14. The summed E-state index contributed by atoms with van der Waals surface area (Å²) in [5.41, 5.74) is 1.24. The van der Waals surface area contributed by atoms with Gasteiger partial charge >= 0.3 is 12.1 Å². The average Bonchev–Trinajstić information content (AvgIpc) is 3.33. The Bertz CT molecular complexity index is 980. The first kappa shape index (κ1) is 26.8. The summed E-state index contributed by atoms with van der Waals surface area (Å²) in [6.45, 7) is 1.24. The van der Waals surface area contributed by atoms with E-state index in [-0.39, 0.29) is 42.6 Å². The van der Waals surface area contributed by atoms with E-state index in [1.54, 1.807) is 12.1 Å². The van der Waals surface area contributed by atoms with Crippen molar-refractivity contribution in [1.82, 2.24) is 15.6 Å². The van der Waals surface area contributed by atoms with Crippen LogP contribution in [0.3, 0.4) is 0 Å². The zero-order valence-electron chi connectivity index (χ0n) is 18.0. The Morgan fingerprint density at radius 3 is 2.38 bits per heavy atom. The molecular weight excluding hydrogens is 467 g/mol. The van der Waals surface area contributed by atoms with Gasteiger partial charge in [-0.25, -0.2) is 13.6 Å². The van der Waals surface area contributed by atoms with E-state index in [0.29, 0.717) is 5.56 Å². The molecular formula is C21H23F5N4O4. The highest BCUT2D eigenvalue weighted by molar-refractivity contribution is 5.82. The number of methoxy groups -OCH3 is 1. The van der Waals surface area contributed by atoms with Crippen LogP contribution in [0.25, 0.3) is 0 Å². The zero-order chi connectivity index (χ0) is 25.3. The fraction of sp³-hybridized carbons (Fsp3) is 0.381. The van der Waals surface area contributed by atoms with Crippen molar-refractivity contribution in [2.75, 3.05) is 19.0 Å². The van der Waals surface area contributed by atoms with Gasteiger partial charge in [-0.1, -0.05) is 12.1 Å². The molecule has 1 fully saturated rings. The van der Waals surface area contributed by atoms with Crippen LogP contribution in [0.1, 0.15) is 24.0 Å². The topological polar surface area (TPSA) is 113 Å². The second kappa shape index (κ2) is 12.1. The predicted molar refractivity (Wildman–Crippen MR) is 111 cm³/mol. The summed E-state index contributed by atoms with van der Waals surface area (Å²) in [6, 6.07) is 6.99. The number of ether oxygens (including phenoxy) is 1. The smallest absolute Gasteiger partial charge is 0.481 e. The predicted octanol–water partition coefficient (Wildman–Crippen LogP) is 2.98. The minimum absolute atomic E-state index is 0.0312. The fourth-order valence-electron chi connectivity index (χ4n) is 2.94. The van der Waals surface area contributed by atoms with Crippen LogP contribution in [-0.4, -0.2) is 47.8 Å². The van der Waals surface area contributed by atoms with Crippen molar-refractivity contribution >= 4 is 17.7 Å². The number of pyridine rings is 1. The molecule has 0 aliphatic carbocycles. The molecule has 1 saturated heterocycles. The van der Waals surface area contributed by atoms with E-state index < -0.39 is 18.0 Å². The third-order valence-electron chi connectivity index (χ3n) is 4.65. The van der Waals surface area contributed by atoms with Crippen LogP contribution in [-0.2, 0) is 22.7 Å². The molecule has 0 radical (unpaired) electrons. The van der Waals surface area contributed by atoms with Crippen molar-refractivity contribution in [2.45, 2.75) is 38.1 Å². The Labute approximate surface area is 191 Å². The van der Waals surface area contributed by atoms with Gasteiger partial charge < -0.3 is 25.8 Å². The third-order valence-corrected chi connectivity index (χ3v) is 4.65. The molecule has 4 N–H and O–H groups in total. The number of aliphatic carboxylic acids is 1. The maximum absolute atomic E-state index is 14.4. The van der Waals surface area contributed by atoms with E-state index in [1.807, 2.05) is 0 Å². The van der Waals surface area contributed by atoms with Crippen molar-refractivity contribution in [2.24, 2.45) is 0 Å². The van der Waals surface area contributed by atoms with E-state index in [2.05, 4.69) is 20.9 Å². The summed E-state index contributed by atoms with van der Waals surface area (Å²) in [5, 5.41) is 15.9. The third kappa shape index (κ3) is 8.14. The second-order valence-corrected chi connectivity index (χ2v) is 7.14. The molecule has 2 heterocycles. The van der Waals surface area contributed by atoms with Crippen LogP contribution >= 0.6 is 0 Å². The van der Waals surface area contributed by atoms with Gasteiger partial charge in [0, 0.05) is 18.7 Å². The van der Waals surface area contributed by atoms with E-state index in [4.69, 9.17) is 14.6 Å². The molecule has 13 heteroatoms. The number of carboxylic acids is 1. The summed E-state index contributed by atoms with van der Waals surface area (Å²) < 4.78 is 64.3. The second-order valence-electron chi connectivity index (χ2n) is 7.14. The van der Waals surface area contributed by atoms with Gasteiger partial charge in [0.05, 0.1) is 13.2 Å². The Hall–Kier alpha value is -3.48. The molecule has 1 atom stereocenters. The Morgan fingerprint density at radius 2 is 1.85 bits per heavy atom. The first-order valence-corrected chi connectivity index (χ1v) is 10.0. The Balaban J connectivity index is 0.000000509. The summed E-state index contributed by atoms with van der Waals surface area (Å²) in [7, 11) is 1.44. The first-order valence-electron chi connectivity index (χ1n) is 10.0. The Kier molecular flexibility index (Phi) is 9.54. The number of halogens is 5. The summed E-state index contributed by atoms with van der Waals surface area (Å²) >= 11 is 0. The van der Waals surface area contributed by atoms with E-state index in [9.17, 15) is 26.7 Å². The molecule has 3 rings (SSSR count). The SMILES string of the molecule is COc1nc(NCc2ccc(F)cc2)c(F)cc1CNC(=O)[C@@H]1CCCN1.O=C(O)C(F)(F)F. The van der Waals surface area contributed by atoms with E-state index in [0.717, 1.165) is 24.9 Å². The summed E-state index contributed by atoms with van der Waals surface area (Å²) in [6.07, 6.45) is -3.33. The first-order chi connectivity index (χ1) is 16.0. The van der Waals surface area contributed by atoms with Crippen LogP contribution < -0.4 is 20.7 Å². The van der Waals surface area contributed by atoms with Gasteiger partial charge in [-0.2, -0.15) is 18.2 Å². The molecule has 2 aromatic rings. The standard InChI is InChI=1S/C19H22F2N4O2.C2HF3O2/c1-27-19-13(11-24-18(26)16-3-2-8-22-16)9-15(21)17(25-19)23-10-12-4-6-14(20)7-5-12;3-2(4,5)1(6)7/h4-7,9,16,22H,2-3,8,10-11H2,1H3,(H,23,25)(H,24,26);(H,6,7)/t16-;/m0./s1. The van der Waals surface area contributed by atoms with Crippen molar-refractivity contribution in [3.63, 3.8) is 0 Å². The number of carboxylic acid groups (broad SMARTS) is 1. The Morgan fingerprint density at radius 1 is 1.21 bits per heavy atom. The molecule has 1 aliphatic rings. The number of rotatable bonds is 7. The van der Waals surface area contributed by atoms with Crippen molar-refractivity contribution in [1.29, 1.82) is 0 Å². The lowest BCUT2D eigenvalue weighted by atomic mass is 10.2. The molecule has 186 valence electrons. The molecule has 0 bridgehead atoms. The molecule has 1 aromatic carbocycles. The van der Waals surface area contributed by atoms with Gasteiger partial charge in [-0.05, 0) is 43.1 Å². The maximum atomic E-state index is 14.4. The largest absolute Gasteiger partial charge is 0.490 e. The van der Waals surface area contributed by atoms with Gasteiger partial charge in [0.1, 0.15) is 5.82 Å². The van der Waals surface area contributed by atoms with Gasteiger partial charge in [-0.15, -0.1) is 0 Å². The minimum Gasteiger partial charge on any atom is -0.481 e. The summed E-state index contributed by atoms with van der Waals surface area (Å²) in [5.74, 6) is -3.49. The molecule has 0 spiro atoms. The van der Waals surface area contributed by atoms with Gasteiger partial charge in [-0.3, -0.25) is 4.79 Å². The highest BCUT2D eigenvalue weighted by Crippen LogP contribution is 2.23. The quantitative estimate of drug-likeness (QED) is 0.442. The van der Waals surface area contributed by atoms with Gasteiger partial charge in [0.25, 0.3) is 0 Å².